The Hall–Kier alpha value is -1.47. The van der Waals surface area contributed by atoms with Gasteiger partial charge in [0, 0.05) is 18.0 Å². The van der Waals surface area contributed by atoms with Gasteiger partial charge in [-0.05, 0) is 20.8 Å². The lowest BCUT2D eigenvalue weighted by Gasteiger charge is -2.13. The monoisotopic (exact) mass is 191 g/mol. The summed E-state index contributed by atoms with van der Waals surface area (Å²) in [6.07, 6.45) is 2.69. The van der Waals surface area contributed by atoms with Crippen LogP contribution >= 0.6 is 0 Å². The first-order valence-electron chi connectivity index (χ1n) is 4.47. The third-order valence-corrected chi connectivity index (χ3v) is 1.63. The zero-order chi connectivity index (χ0) is 10.6. The fraction of sp³-hybridized carbons (Fsp3) is 0.500. The summed E-state index contributed by atoms with van der Waals surface area (Å²) >= 11 is 0. The molecule has 1 aromatic rings. The topological polar surface area (TPSA) is 58.8 Å². The molecule has 0 spiro atoms. The van der Waals surface area contributed by atoms with Crippen molar-refractivity contribution >= 4 is 0 Å². The molecular weight excluding hydrogens is 178 g/mol. The van der Waals surface area contributed by atoms with Crippen molar-refractivity contribution in [1.29, 1.82) is 5.26 Å². The SMILES string of the molecule is Cc1ncc([C@@H](C#N)OC(C)C)cn1. The first-order chi connectivity index (χ1) is 6.63. The van der Waals surface area contributed by atoms with E-state index in [0.29, 0.717) is 11.4 Å². The van der Waals surface area contributed by atoms with Gasteiger partial charge in [-0.3, -0.25) is 0 Å². The number of nitriles is 1. The summed E-state index contributed by atoms with van der Waals surface area (Å²) in [6.45, 7) is 5.58. The lowest BCUT2D eigenvalue weighted by molar-refractivity contribution is 0.0388. The normalized spacial score (nSPS) is 12.5. The molecule has 14 heavy (non-hydrogen) atoms. The Bertz CT molecular complexity index is 326. The highest BCUT2D eigenvalue weighted by Gasteiger charge is 2.13. The van der Waals surface area contributed by atoms with Gasteiger partial charge in [-0.15, -0.1) is 0 Å². The van der Waals surface area contributed by atoms with Crippen molar-refractivity contribution in [2.75, 3.05) is 0 Å². The smallest absolute Gasteiger partial charge is 0.172 e. The van der Waals surface area contributed by atoms with Gasteiger partial charge in [-0.25, -0.2) is 9.97 Å². The molecule has 0 amide bonds. The minimum atomic E-state index is -0.574. The Balaban J connectivity index is 2.80. The average molecular weight is 191 g/mol. The molecule has 0 aliphatic rings. The van der Waals surface area contributed by atoms with E-state index in [1.54, 1.807) is 19.3 Å². The van der Waals surface area contributed by atoms with Crippen LogP contribution in [0.15, 0.2) is 12.4 Å². The van der Waals surface area contributed by atoms with E-state index in [1.807, 2.05) is 13.8 Å². The Kier molecular flexibility index (Phi) is 3.55. The van der Waals surface area contributed by atoms with Crippen LogP contribution in [0.1, 0.15) is 31.3 Å². The zero-order valence-corrected chi connectivity index (χ0v) is 8.56. The number of hydrogen-bond acceptors (Lipinski definition) is 4. The van der Waals surface area contributed by atoms with Gasteiger partial charge in [0.05, 0.1) is 12.2 Å². The highest BCUT2D eigenvalue weighted by molar-refractivity contribution is 5.15. The standard InChI is InChI=1S/C10H13N3O/c1-7(2)14-10(4-11)9-5-12-8(3)13-6-9/h5-7,10H,1-3H3/t10-/m1/s1. The lowest BCUT2D eigenvalue weighted by Crippen LogP contribution is -2.09. The molecule has 0 fully saturated rings. The molecule has 0 aromatic carbocycles. The minimum absolute atomic E-state index is 0.0148. The van der Waals surface area contributed by atoms with Crippen LogP contribution < -0.4 is 0 Å². The van der Waals surface area contributed by atoms with E-state index in [9.17, 15) is 0 Å². The number of ether oxygens (including phenoxy) is 1. The second-order valence-electron chi connectivity index (χ2n) is 3.26. The first kappa shape index (κ1) is 10.6. The molecule has 4 heteroatoms. The fourth-order valence-corrected chi connectivity index (χ4v) is 0.994. The molecule has 1 aromatic heterocycles. The minimum Gasteiger partial charge on any atom is -0.356 e. The summed E-state index contributed by atoms with van der Waals surface area (Å²) in [5, 5.41) is 8.87. The Morgan fingerprint density at radius 2 is 1.93 bits per heavy atom. The van der Waals surface area contributed by atoms with Gasteiger partial charge in [0.2, 0.25) is 0 Å². The molecule has 0 saturated carbocycles. The molecule has 0 N–H and O–H groups in total. The van der Waals surface area contributed by atoms with E-state index in [0.717, 1.165) is 0 Å². The summed E-state index contributed by atoms with van der Waals surface area (Å²) in [7, 11) is 0. The van der Waals surface area contributed by atoms with E-state index < -0.39 is 6.10 Å². The van der Waals surface area contributed by atoms with Gasteiger partial charge >= 0.3 is 0 Å². The Morgan fingerprint density at radius 3 is 2.36 bits per heavy atom. The molecule has 1 atom stereocenters. The van der Waals surface area contributed by atoms with Crippen molar-refractivity contribution in [2.45, 2.75) is 33.0 Å². The zero-order valence-electron chi connectivity index (χ0n) is 8.56. The van der Waals surface area contributed by atoms with E-state index in [2.05, 4.69) is 16.0 Å². The quantitative estimate of drug-likeness (QED) is 0.730. The van der Waals surface area contributed by atoms with Crippen LogP contribution in [0, 0.1) is 18.3 Å². The predicted molar refractivity (Wildman–Crippen MR) is 51.3 cm³/mol. The van der Waals surface area contributed by atoms with Crippen LogP contribution in [0.4, 0.5) is 0 Å². The van der Waals surface area contributed by atoms with E-state index in [1.165, 1.54) is 0 Å². The van der Waals surface area contributed by atoms with E-state index in [-0.39, 0.29) is 6.10 Å². The van der Waals surface area contributed by atoms with Crippen molar-refractivity contribution < 1.29 is 4.74 Å². The van der Waals surface area contributed by atoms with Crippen LogP contribution in [-0.4, -0.2) is 16.1 Å². The van der Waals surface area contributed by atoms with Gasteiger partial charge in [0.15, 0.2) is 6.10 Å². The molecular formula is C10H13N3O. The molecule has 1 heterocycles. The molecule has 1 rings (SSSR count). The van der Waals surface area contributed by atoms with Gasteiger partial charge in [0.25, 0.3) is 0 Å². The molecule has 0 bridgehead atoms. The van der Waals surface area contributed by atoms with Crippen molar-refractivity contribution in [1.82, 2.24) is 9.97 Å². The van der Waals surface area contributed by atoms with E-state index >= 15 is 0 Å². The van der Waals surface area contributed by atoms with Crippen LogP contribution in [0.5, 0.6) is 0 Å². The van der Waals surface area contributed by atoms with Gasteiger partial charge < -0.3 is 4.74 Å². The second-order valence-corrected chi connectivity index (χ2v) is 3.26. The number of rotatable bonds is 3. The third kappa shape index (κ3) is 2.79. The van der Waals surface area contributed by atoms with Crippen LogP contribution in [0.25, 0.3) is 0 Å². The van der Waals surface area contributed by atoms with Crippen molar-refractivity contribution in [3.05, 3.63) is 23.8 Å². The van der Waals surface area contributed by atoms with Gasteiger partial charge in [0.1, 0.15) is 5.82 Å². The predicted octanol–water partition coefficient (Wildman–Crippen LogP) is 1.77. The maximum Gasteiger partial charge on any atom is 0.172 e. The Labute approximate surface area is 83.6 Å². The number of hydrogen-bond donors (Lipinski definition) is 0. The largest absolute Gasteiger partial charge is 0.356 e. The molecule has 0 saturated heterocycles. The third-order valence-electron chi connectivity index (χ3n) is 1.63. The van der Waals surface area contributed by atoms with Crippen molar-refractivity contribution in [2.24, 2.45) is 0 Å². The first-order valence-corrected chi connectivity index (χ1v) is 4.47. The molecule has 0 aliphatic heterocycles. The molecule has 4 nitrogen and oxygen atoms in total. The summed E-state index contributed by atoms with van der Waals surface area (Å²) in [5.41, 5.74) is 0.701. The van der Waals surface area contributed by atoms with Crippen LogP contribution in [0.2, 0.25) is 0 Å². The summed E-state index contributed by atoms with van der Waals surface area (Å²) in [6, 6.07) is 2.07. The number of aryl methyl sites for hydroxylation is 1. The van der Waals surface area contributed by atoms with Gasteiger partial charge in [-0.1, -0.05) is 0 Å². The number of nitrogens with zero attached hydrogens (tertiary/aromatic N) is 3. The summed E-state index contributed by atoms with van der Waals surface area (Å²) in [5.74, 6) is 0.690. The van der Waals surface area contributed by atoms with Crippen molar-refractivity contribution in [3.8, 4) is 6.07 Å². The molecule has 0 radical (unpaired) electrons. The fourth-order valence-electron chi connectivity index (χ4n) is 0.994. The van der Waals surface area contributed by atoms with Gasteiger partial charge in [-0.2, -0.15) is 5.26 Å². The summed E-state index contributed by atoms with van der Waals surface area (Å²) < 4.78 is 5.38. The number of aromatic nitrogens is 2. The maximum atomic E-state index is 8.87. The van der Waals surface area contributed by atoms with E-state index in [4.69, 9.17) is 10.00 Å². The highest BCUT2D eigenvalue weighted by atomic mass is 16.5. The second kappa shape index (κ2) is 4.68. The Morgan fingerprint density at radius 1 is 1.36 bits per heavy atom. The molecule has 0 aliphatic carbocycles. The lowest BCUT2D eigenvalue weighted by atomic mass is 10.2. The van der Waals surface area contributed by atoms with Crippen molar-refractivity contribution in [3.63, 3.8) is 0 Å². The average Bonchev–Trinajstić information content (AvgIpc) is 2.15. The highest BCUT2D eigenvalue weighted by Crippen LogP contribution is 2.16. The molecule has 0 unspecified atom stereocenters. The summed E-state index contributed by atoms with van der Waals surface area (Å²) in [4.78, 5) is 8.03. The maximum absolute atomic E-state index is 8.87. The van der Waals surface area contributed by atoms with Crippen LogP contribution in [0.3, 0.4) is 0 Å². The van der Waals surface area contributed by atoms with Crippen LogP contribution in [-0.2, 0) is 4.74 Å². The molecule has 74 valence electrons.